The Balaban J connectivity index is 2.74. The SMILES string of the molecule is COCC(CO)Nc1cncc(C(=O)OC)n1. The van der Waals surface area contributed by atoms with E-state index in [0.29, 0.717) is 12.4 Å². The van der Waals surface area contributed by atoms with E-state index in [9.17, 15) is 4.79 Å². The molecular formula is C10H15N3O4. The molecule has 0 radical (unpaired) electrons. The fourth-order valence-electron chi connectivity index (χ4n) is 1.19. The number of carbonyl (C=O) groups is 1. The molecule has 0 aliphatic heterocycles. The summed E-state index contributed by atoms with van der Waals surface area (Å²) in [4.78, 5) is 19.1. The van der Waals surface area contributed by atoms with Crippen molar-refractivity contribution in [2.24, 2.45) is 0 Å². The first-order valence-corrected chi connectivity index (χ1v) is 4.98. The van der Waals surface area contributed by atoms with Gasteiger partial charge in [0.2, 0.25) is 0 Å². The Morgan fingerprint density at radius 3 is 2.88 bits per heavy atom. The van der Waals surface area contributed by atoms with Crippen molar-refractivity contribution < 1.29 is 19.4 Å². The second kappa shape index (κ2) is 6.77. The normalized spacial score (nSPS) is 11.9. The summed E-state index contributed by atoms with van der Waals surface area (Å²) in [6.07, 6.45) is 2.76. The average molecular weight is 241 g/mol. The van der Waals surface area contributed by atoms with E-state index in [1.165, 1.54) is 26.6 Å². The third-order valence-electron chi connectivity index (χ3n) is 1.97. The Bertz CT molecular complexity index is 372. The van der Waals surface area contributed by atoms with Gasteiger partial charge in [0.15, 0.2) is 5.69 Å². The van der Waals surface area contributed by atoms with Crippen LogP contribution in [0.4, 0.5) is 5.82 Å². The quantitative estimate of drug-likeness (QED) is 0.659. The molecule has 0 bridgehead atoms. The number of aromatic nitrogens is 2. The fourth-order valence-corrected chi connectivity index (χ4v) is 1.19. The molecule has 7 heteroatoms. The van der Waals surface area contributed by atoms with Crippen LogP contribution in [0, 0.1) is 0 Å². The van der Waals surface area contributed by atoms with Gasteiger partial charge in [0.05, 0.1) is 38.8 Å². The van der Waals surface area contributed by atoms with Crippen LogP contribution in [0.15, 0.2) is 12.4 Å². The average Bonchev–Trinajstić information content (AvgIpc) is 2.37. The number of nitrogens with one attached hydrogen (secondary N) is 1. The van der Waals surface area contributed by atoms with Crippen molar-refractivity contribution in [2.75, 3.05) is 32.8 Å². The number of carbonyl (C=O) groups excluding carboxylic acids is 1. The molecule has 0 aromatic carbocycles. The predicted octanol–water partition coefficient (Wildman–Crippen LogP) is -0.318. The van der Waals surface area contributed by atoms with Crippen molar-refractivity contribution in [2.45, 2.75) is 6.04 Å². The number of aliphatic hydroxyl groups excluding tert-OH is 1. The van der Waals surface area contributed by atoms with Gasteiger partial charge in [-0.05, 0) is 0 Å². The van der Waals surface area contributed by atoms with E-state index in [4.69, 9.17) is 9.84 Å². The lowest BCUT2D eigenvalue weighted by Gasteiger charge is -2.15. The smallest absolute Gasteiger partial charge is 0.358 e. The van der Waals surface area contributed by atoms with Gasteiger partial charge in [-0.25, -0.2) is 9.78 Å². The van der Waals surface area contributed by atoms with Crippen molar-refractivity contribution in [1.29, 1.82) is 0 Å². The van der Waals surface area contributed by atoms with Gasteiger partial charge in [0.25, 0.3) is 0 Å². The summed E-state index contributed by atoms with van der Waals surface area (Å²) in [5.41, 5.74) is 0.103. The Hall–Kier alpha value is -1.73. The highest BCUT2D eigenvalue weighted by Crippen LogP contribution is 2.05. The number of anilines is 1. The molecule has 0 amide bonds. The van der Waals surface area contributed by atoms with E-state index >= 15 is 0 Å². The molecule has 1 aromatic rings. The van der Waals surface area contributed by atoms with Gasteiger partial charge < -0.3 is 19.9 Å². The second-order valence-corrected chi connectivity index (χ2v) is 3.26. The van der Waals surface area contributed by atoms with Crippen LogP contribution in [0.1, 0.15) is 10.5 Å². The standard InChI is InChI=1S/C10H15N3O4/c1-16-6-7(5-14)12-9-4-11-3-8(13-9)10(15)17-2/h3-4,7,14H,5-6H2,1-2H3,(H,12,13). The van der Waals surface area contributed by atoms with E-state index < -0.39 is 5.97 Å². The van der Waals surface area contributed by atoms with Crippen LogP contribution >= 0.6 is 0 Å². The van der Waals surface area contributed by atoms with Crippen LogP contribution in [0.3, 0.4) is 0 Å². The lowest BCUT2D eigenvalue weighted by atomic mass is 10.3. The van der Waals surface area contributed by atoms with Gasteiger partial charge in [-0.15, -0.1) is 0 Å². The molecule has 1 heterocycles. The number of nitrogens with zero attached hydrogens (tertiary/aromatic N) is 2. The summed E-state index contributed by atoms with van der Waals surface area (Å²) in [6.45, 7) is 0.207. The van der Waals surface area contributed by atoms with Crippen molar-refractivity contribution >= 4 is 11.8 Å². The maximum Gasteiger partial charge on any atom is 0.358 e. The zero-order chi connectivity index (χ0) is 12.7. The summed E-state index contributed by atoms with van der Waals surface area (Å²) in [5.74, 6) is -0.183. The molecule has 1 aromatic heterocycles. The lowest BCUT2D eigenvalue weighted by Crippen LogP contribution is -2.29. The maximum absolute atomic E-state index is 11.2. The molecular weight excluding hydrogens is 226 g/mol. The van der Waals surface area contributed by atoms with E-state index in [1.807, 2.05) is 0 Å². The molecule has 2 N–H and O–H groups in total. The molecule has 94 valence electrons. The molecule has 1 unspecified atom stereocenters. The molecule has 7 nitrogen and oxygen atoms in total. The largest absolute Gasteiger partial charge is 0.464 e. The molecule has 0 aliphatic rings. The lowest BCUT2D eigenvalue weighted by molar-refractivity contribution is 0.0593. The number of ether oxygens (including phenoxy) is 2. The van der Waals surface area contributed by atoms with Crippen molar-refractivity contribution in [3.05, 3.63) is 18.1 Å². The number of methoxy groups -OCH3 is 2. The molecule has 17 heavy (non-hydrogen) atoms. The topological polar surface area (TPSA) is 93.6 Å². The van der Waals surface area contributed by atoms with Crippen molar-refractivity contribution in [1.82, 2.24) is 9.97 Å². The zero-order valence-electron chi connectivity index (χ0n) is 9.71. The minimum atomic E-state index is -0.562. The minimum Gasteiger partial charge on any atom is -0.464 e. The maximum atomic E-state index is 11.2. The van der Waals surface area contributed by atoms with Crippen LogP contribution in [0.25, 0.3) is 0 Å². The van der Waals surface area contributed by atoms with Crippen molar-refractivity contribution in [3.8, 4) is 0 Å². The van der Waals surface area contributed by atoms with Crippen molar-refractivity contribution in [3.63, 3.8) is 0 Å². The summed E-state index contributed by atoms with van der Waals surface area (Å²) >= 11 is 0. The minimum absolute atomic E-state index is 0.103. The molecule has 0 saturated heterocycles. The van der Waals surface area contributed by atoms with Gasteiger partial charge in [0, 0.05) is 7.11 Å². The van der Waals surface area contributed by atoms with E-state index in [1.54, 1.807) is 0 Å². The fraction of sp³-hybridized carbons (Fsp3) is 0.500. The first-order valence-electron chi connectivity index (χ1n) is 4.98. The number of esters is 1. The summed E-state index contributed by atoms with van der Waals surface area (Å²) in [5, 5.41) is 12.0. The summed E-state index contributed by atoms with van der Waals surface area (Å²) < 4.78 is 9.43. The zero-order valence-corrected chi connectivity index (χ0v) is 9.71. The Labute approximate surface area is 98.8 Å². The van der Waals surface area contributed by atoms with Crippen LogP contribution in [-0.2, 0) is 9.47 Å². The van der Waals surface area contributed by atoms with Gasteiger partial charge in [-0.2, -0.15) is 0 Å². The van der Waals surface area contributed by atoms with E-state index in [-0.39, 0.29) is 18.3 Å². The Kier molecular flexibility index (Phi) is 5.31. The highest BCUT2D eigenvalue weighted by molar-refractivity contribution is 5.87. The highest BCUT2D eigenvalue weighted by Gasteiger charge is 2.11. The van der Waals surface area contributed by atoms with Gasteiger partial charge >= 0.3 is 5.97 Å². The summed E-state index contributed by atoms with van der Waals surface area (Å²) in [7, 11) is 2.80. The number of aliphatic hydroxyl groups is 1. The molecule has 0 spiro atoms. The van der Waals surface area contributed by atoms with E-state index in [2.05, 4.69) is 20.0 Å². The molecule has 0 saturated carbocycles. The van der Waals surface area contributed by atoms with Gasteiger partial charge in [-0.1, -0.05) is 0 Å². The number of hydrogen-bond acceptors (Lipinski definition) is 7. The van der Waals surface area contributed by atoms with Crippen LogP contribution in [0.5, 0.6) is 0 Å². The number of rotatable bonds is 6. The van der Waals surface area contributed by atoms with Crippen LogP contribution in [-0.4, -0.2) is 54.5 Å². The van der Waals surface area contributed by atoms with E-state index in [0.717, 1.165) is 0 Å². The molecule has 0 aliphatic carbocycles. The monoisotopic (exact) mass is 241 g/mol. The Morgan fingerprint density at radius 2 is 2.29 bits per heavy atom. The van der Waals surface area contributed by atoms with Crippen LogP contribution < -0.4 is 5.32 Å². The van der Waals surface area contributed by atoms with Crippen LogP contribution in [0.2, 0.25) is 0 Å². The highest BCUT2D eigenvalue weighted by atomic mass is 16.5. The second-order valence-electron chi connectivity index (χ2n) is 3.26. The first-order chi connectivity index (χ1) is 8.21. The third kappa shape index (κ3) is 3.97. The number of hydrogen-bond donors (Lipinski definition) is 2. The summed E-state index contributed by atoms with van der Waals surface area (Å²) in [6, 6.07) is -0.304. The Morgan fingerprint density at radius 1 is 1.53 bits per heavy atom. The van der Waals surface area contributed by atoms with Gasteiger partial charge in [0.1, 0.15) is 5.82 Å². The molecule has 0 fully saturated rings. The molecule has 1 atom stereocenters. The first kappa shape index (κ1) is 13.3. The molecule has 1 rings (SSSR count). The third-order valence-corrected chi connectivity index (χ3v) is 1.97. The van der Waals surface area contributed by atoms with Gasteiger partial charge in [-0.3, -0.25) is 4.98 Å². The predicted molar refractivity (Wildman–Crippen MR) is 59.7 cm³/mol.